The number of nitrogens with zero attached hydrogens (tertiary/aromatic N) is 3. The molecule has 5 heteroatoms. The Hall–Kier alpha value is -0.940. The number of carbonyl (C=O) groups excluding carboxylic acids is 1. The minimum absolute atomic E-state index is 0.125. The second-order valence-electron chi connectivity index (χ2n) is 8.31. The van der Waals surface area contributed by atoms with Gasteiger partial charge in [-0.2, -0.15) is 0 Å². The molecule has 0 N–H and O–H groups in total. The van der Waals surface area contributed by atoms with Gasteiger partial charge in [0, 0.05) is 42.9 Å². The minimum atomic E-state index is 0.125. The maximum Gasteiger partial charge on any atom is 0.225 e. The number of aromatic nitrogens is 1. The lowest BCUT2D eigenvalue weighted by atomic mass is 9.88. The van der Waals surface area contributed by atoms with Gasteiger partial charge in [-0.15, -0.1) is 11.3 Å². The van der Waals surface area contributed by atoms with Gasteiger partial charge in [0.05, 0.1) is 12.2 Å². The summed E-state index contributed by atoms with van der Waals surface area (Å²) in [5.74, 6) is 0.720. The van der Waals surface area contributed by atoms with Crippen LogP contribution in [0.4, 0.5) is 0 Å². The lowest BCUT2D eigenvalue weighted by Gasteiger charge is -2.36. The zero-order valence-corrected chi connectivity index (χ0v) is 16.2. The number of piperazine rings is 1. The van der Waals surface area contributed by atoms with Crippen molar-refractivity contribution in [1.29, 1.82) is 0 Å². The van der Waals surface area contributed by atoms with Gasteiger partial charge in [0.2, 0.25) is 5.91 Å². The monoisotopic (exact) mass is 349 g/mol. The van der Waals surface area contributed by atoms with Crippen molar-refractivity contribution in [2.24, 2.45) is 5.92 Å². The number of amides is 1. The number of rotatable bonds is 3. The fraction of sp³-hybridized carbons (Fsp3) is 0.789. The van der Waals surface area contributed by atoms with E-state index in [2.05, 4.69) is 36.0 Å². The number of carbonyl (C=O) groups is 1. The Labute approximate surface area is 150 Å². The lowest BCUT2D eigenvalue weighted by molar-refractivity contribution is -0.138. The van der Waals surface area contributed by atoms with Gasteiger partial charge in [0.15, 0.2) is 0 Å². The summed E-state index contributed by atoms with van der Waals surface area (Å²) in [7, 11) is 0. The van der Waals surface area contributed by atoms with Gasteiger partial charge in [-0.3, -0.25) is 9.69 Å². The molecule has 2 fully saturated rings. The van der Waals surface area contributed by atoms with Crippen molar-refractivity contribution in [1.82, 2.24) is 14.8 Å². The Morgan fingerprint density at radius 1 is 1.17 bits per heavy atom. The zero-order valence-electron chi connectivity index (χ0n) is 15.4. The summed E-state index contributed by atoms with van der Waals surface area (Å²) < 4.78 is 0. The SMILES string of the molecule is CC(C)(C)c1csc(CN2CCN(C(=O)C3CCCCC3)CC2)n1. The summed E-state index contributed by atoms with van der Waals surface area (Å²) in [5, 5.41) is 3.39. The molecule has 0 aromatic carbocycles. The van der Waals surface area contributed by atoms with E-state index in [0.717, 1.165) is 45.6 Å². The highest BCUT2D eigenvalue weighted by Gasteiger charge is 2.28. The van der Waals surface area contributed by atoms with Crippen molar-refractivity contribution in [2.75, 3.05) is 26.2 Å². The Kier molecular flexibility index (Phi) is 5.60. The second kappa shape index (κ2) is 7.52. The highest BCUT2D eigenvalue weighted by Crippen LogP contribution is 2.27. The summed E-state index contributed by atoms with van der Waals surface area (Å²) >= 11 is 1.77. The van der Waals surface area contributed by atoms with Crippen molar-refractivity contribution in [3.05, 3.63) is 16.1 Å². The Bertz CT molecular complexity index is 549. The molecule has 1 aromatic heterocycles. The number of hydrogen-bond donors (Lipinski definition) is 0. The van der Waals surface area contributed by atoms with Gasteiger partial charge in [-0.1, -0.05) is 40.0 Å². The summed E-state index contributed by atoms with van der Waals surface area (Å²) in [6, 6.07) is 0. The van der Waals surface area contributed by atoms with Gasteiger partial charge in [-0.05, 0) is 12.8 Å². The van der Waals surface area contributed by atoms with Gasteiger partial charge in [-0.25, -0.2) is 4.98 Å². The third-order valence-corrected chi connectivity index (χ3v) is 6.15. The third kappa shape index (κ3) is 4.37. The summed E-state index contributed by atoms with van der Waals surface area (Å²) in [6.07, 6.45) is 5.98. The maximum atomic E-state index is 12.6. The van der Waals surface area contributed by atoms with E-state index in [0.29, 0.717) is 11.8 Å². The molecule has 24 heavy (non-hydrogen) atoms. The smallest absolute Gasteiger partial charge is 0.225 e. The van der Waals surface area contributed by atoms with Crippen LogP contribution < -0.4 is 0 Å². The predicted molar refractivity (Wildman–Crippen MR) is 99.2 cm³/mol. The van der Waals surface area contributed by atoms with Crippen molar-refractivity contribution in [3.8, 4) is 0 Å². The zero-order chi connectivity index (χ0) is 17.2. The van der Waals surface area contributed by atoms with Crippen LogP contribution in [0.5, 0.6) is 0 Å². The quantitative estimate of drug-likeness (QED) is 0.835. The molecule has 1 aromatic rings. The van der Waals surface area contributed by atoms with Gasteiger partial charge in [0.1, 0.15) is 5.01 Å². The molecule has 0 unspecified atom stereocenters. The van der Waals surface area contributed by atoms with Crippen LogP contribution in [-0.2, 0) is 16.8 Å². The molecular weight excluding hydrogens is 318 g/mol. The highest BCUT2D eigenvalue weighted by atomic mass is 32.1. The molecule has 0 bridgehead atoms. The fourth-order valence-electron chi connectivity index (χ4n) is 3.65. The largest absolute Gasteiger partial charge is 0.340 e. The van der Waals surface area contributed by atoms with Crippen LogP contribution in [0, 0.1) is 5.92 Å². The van der Waals surface area contributed by atoms with Crippen LogP contribution in [0.1, 0.15) is 63.6 Å². The van der Waals surface area contributed by atoms with Gasteiger partial charge < -0.3 is 4.90 Å². The number of thiazole rings is 1. The maximum absolute atomic E-state index is 12.6. The molecule has 0 radical (unpaired) electrons. The normalized spacial score (nSPS) is 21.2. The molecule has 0 atom stereocenters. The molecular formula is C19H31N3OS. The Balaban J connectivity index is 1.48. The summed E-state index contributed by atoms with van der Waals surface area (Å²) in [5.41, 5.74) is 1.31. The van der Waals surface area contributed by atoms with E-state index in [9.17, 15) is 4.79 Å². The second-order valence-corrected chi connectivity index (χ2v) is 9.26. The van der Waals surface area contributed by atoms with E-state index in [4.69, 9.17) is 4.98 Å². The minimum Gasteiger partial charge on any atom is -0.340 e. The molecule has 1 amide bonds. The molecule has 4 nitrogen and oxygen atoms in total. The fourth-order valence-corrected chi connectivity index (χ4v) is 4.72. The molecule has 134 valence electrons. The van der Waals surface area contributed by atoms with Crippen molar-refractivity contribution in [2.45, 2.75) is 64.8 Å². The third-order valence-electron chi connectivity index (χ3n) is 5.32. The molecule has 1 aliphatic carbocycles. The van der Waals surface area contributed by atoms with Gasteiger partial charge >= 0.3 is 0 Å². The van der Waals surface area contributed by atoms with E-state index in [1.807, 2.05) is 0 Å². The lowest BCUT2D eigenvalue weighted by Crippen LogP contribution is -2.50. The molecule has 1 saturated heterocycles. The van der Waals surface area contributed by atoms with E-state index < -0.39 is 0 Å². The first-order valence-electron chi connectivity index (χ1n) is 9.39. The molecule has 1 aliphatic heterocycles. The Morgan fingerprint density at radius 3 is 2.42 bits per heavy atom. The van der Waals surface area contributed by atoms with E-state index >= 15 is 0 Å². The Morgan fingerprint density at radius 2 is 1.83 bits per heavy atom. The van der Waals surface area contributed by atoms with Crippen LogP contribution in [-0.4, -0.2) is 46.9 Å². The first-order valence-corrected chi connectivity index (χ1v) is 10.3. The van der Waals surface area contributed by atoms with Crippen LogP contribution in [0.25, 0.3) is 0 Å². The molecule has 0 spiro atoms. The van der Waals surface area contributed by atoms with E-state index in [-0.39, 0.29) is 5.41 Å². The van der Waals surface area contributed by atoms with Crippen molar-refractivity contribution < 1.29 is 4.79 Å². The summed E-state index contributed by atoms with van der Waals surface area (Å²) in [4.78, 5) is 22.0. The van der Waals surface area contributed by atoms with Crippen LogP contribution in [0.2, 0.25) is 0 Å². The standard InChI is InChI=1S/C19H31N3OS/c1-19(2,3)16-14-24-17(20-16)13-21-9-11-22(12-10-21)18(23)15-7-5-4-6-8-15/h14-15H,4-13H2,1-3H3. The predicted octanol–water partition coefficient (Wildman–Crippen LogP) is 3.67. The first kappa shape index (κ1) is 17.9. The van der Waals surface area contributed by atoms with Crippen LogP contribution in [0.3, 0.4) is 0 Å². The van der Waals surface area contributed by atoms with Crippen molar-refractivity contribution in [3.63, 3.8) is 0 Å². The molecule has 3 rings (SSSR count). The van der Waals surface area contributed by atoms with Crippen molar-refractivity contribution >= 4 is 17.2 Å². The van der Waals surface area contributed by atoms with E-state index in [1.54, 1.807) is 11.3 Å². The van der Waals surface area contributed by atoms with E-state index in [1.165, 1.54) is 30.0 Å². The van der Waals surface area contributed by atoms with Crippen LogP contribution >= 0.6 is 11.3 Å². The average molecular weight is 350 g/mol. The first-order chi connectivity index (χ1) is 11.4. The highest BCUT2D eigenvalue weighted by molar-refractivity contribution is 7.09. The van der Waals surface area contributed by atoms with Gasteiger partial charge in [0.25, 0.3) is 0 Å². The molecule has 1 saturated carbocycles. The molecule has 2 heterocycles. The van der Waals surface area contributed by atoms with Crippen LogP contribution in [0.15, 0.2) is 5.38 Å². The molecule has 2 aliphatic rings. The number of hydrogen-bond acceptors (Lipinski definition) is 4. The average Bonchev–Trinajstić information content (AvgIpc) is 3.05. The summed E-state index contributed by atoms with van der Waals surface area (Å²) in [6.45, 7) is 11.3. The topological polar surface area (TPSA) is 36.4 Å².